The molecule has 2 unspecified atom stereocenters. The molecule has 2 atom stereocenters. The van der Waals surface area contributed by atoms with Crippen LogP contribution in [0.1, 0.15) is 37.8 Å². The van der Waals surface area contributed by atoms with Crippen molar-refractivity contribution in [2.24, 2.45) is 0 Å². The highest BCUT2D eigenvalue weighted by Crippen LogP contribution is 2.11. The molecule has 0 aliphatic rings. The first-order valence-electron chi connectivity index (χ1n) is 6.44. The van der Waals surface area contributed by atoms with Crippen LogP contribution in [0.3, 0.4) is 0 Å². The number of aryl methyl sites for hydroxylation is 1. The number of ether oxygens (including phenoxy) is 1. The lowest BCUT2D eigenvalue weighted by Gasteiger charge is -2.14. The SMILES string of the molecule is CCc1ccc(CC(O)CCC(C)OC)cc1. The Labute approximate surface area is 105 Å². The van der Waals surface area contributed by atoms with Gasteiger partial charge in [-0.05, 0) is 43.7 Å². The van der Waals surface area contributed by atoms with Crippen molar-refractivity contribution in [1.29, 1.82) is 0 Å². The minimum absolute atomic E-state index is 0.229. The maximum atomic E-state index is 9.92. The normalized spacial score (nSPS) is 14.6. The van der Waals surface area contributed by atoms with Crippen molar-refractivity contribution in [2.45, 2.75) is 51.7 Å². The summed E-state index contributed by atoms with van der Waals surface area (Å²) >= 11 is 0. The van der Waals surface area contributed by atoms with Crippen LogP contribution < -0.4 is 0 Å². The Morgan fingerprint density at radius 3 is 2.24 bits per heavy atom. The monoisotopic (exact) mass is 236 g/mol. The van der Waals surface area contributed by atoms with Gasteiger partial charge in [-0.1, -0.05) is 31.2 Å². The molecule has 0 saturated heterocycles. The number of aliphatic hydroxyl groups excluding tert-OH is 1. The molecule has 0 fully saturated rings. The summed E-state index contributed by atoms with van der Waals surface area (Å²) in [5, 5.41) is 9.92. The van der Waals surface area contributed by atoms with Crippen LogP contribution in [0.5, 0.6) is 0 Å². The van der Waals surface area contributed by atoms with Crippen LogP contribution in [0.15, 0.2) is 24.3 Å². The Morgan fingerprint density at radius 2 is 1.71 bits per heavy atom. The molecule has 0 aromatic heterocycles. The molecule has 96 valence electrons. The lowest BCUT2D eigenvalue weighted by atomic mass is 10.0. The van der Waals surface area contributed by atoms with Crippen LogP contribution in [-0.2, 0) is 17.6 Å². The number of rotatable bonds is 7. The highest BCUT2D eigenvalue weighted by Gasteiger charge is 2.08. The third kappa shape index (κ3) is 5.33. The summed E-state index contributed by atoms with van der Waals surface area (Å²) < 4.78 is 5.17. The predicted octanol–water partition coefficient (Wildman–Crippen LogP) is 2.97. The van der Waals surface area contributed by atoms with E-state index < -0.39 is 0 Å². The maximum absolute atomic E-state index is 9.92. The molecule has 2 nitrogen and oxygen atoms in total. The topological polar surface area (TPSA) is 29.5 Å². The lowest BCUT2D eigenvalue weighted by Crippen LogP contribution is -2.14. The molecule has 1 rings (SSSR count). The second kappa shape index (κ2) is 7.46. The summed E-state index contributed by atoms with van der Waals surface area (Å²) in [7, 11) is 1.71. The Kier molecular flexibility index (Phi) is 6.23. The van der Waals surface area contributed by atoms with Gasteiger partial charge in [0.25, 0.3) is 0 Å². The predicted molar refractivity (Wildman–Crippen MR) is 71.2 cm³/mol. The van der Waals surface area contributed by atoms with E-state index in [2.05, 4.69) is 31.2 Å². The summed E-state index contributed by atoms with van der Waals surface area (Å²) in [5.74, 6) is 0. The van der Waals surface area contributed by atoms with Crippen LogP contribution in [-0.4, -0.2) is 24.4 Å². The minimum atomic E-state index is -0.264. The standard InChI is InChI=1S/C15H24O2/c1-4-13-6-8-14(9-7-13)11-15(16)10-5-12(2)17-3/h6-9,12,15-16H,4-5,10-11H2,1-3H3. The van der Waals surface area contributed by atoms with E-state index in [1.807, 2.05) is 6.92 Å². The van der Waals surface area contributed by atoms with Crippen molar-refractivity contribution in [3.63, 3.8) is 0 Å². The number of hydrogen-bond acceptors (Lipinski definition) is 2. The van der Waals surface area contributed by atoms with E-state index in [4.69, 9.17) is 4.74 Å². The fraction of sp³-hybridized carbons (Fsp3) is 0.600. The average molecular weight is 236 g/mol. The molecular weight excluding hydrogens is 212 g/mol. The van der Waals surface area contributed by atoms with E-state index in [9.17, 15) is 5.11 Å². The Morgan fingerprint density at radius 1 is 1.12 bits per heavy atom. The molecule has 1 aromatic rings. The van der Waals surface area contributed by atoms with E-state index in [1.54, 1.807) is 7.11 Å². The minimum Gasteiger partial charge on any atom is -0.393 e. The van der Waals surface area contributed by atoms with Crippen molar-refractivity contribution in [2.75, 3.05) is 7.11 Å². The second-order valence-corrected chi connectivity index (χ2v) is 4.65. The first-order chi connectivity index (χ1) is 8.15. The van der Waals surface area contributed by atoms with Crippen LogP contribution in [0.25, 0.3) is 0 Å². The van der Waals surface area contributed by atoms with Gasteiger partial charge in [-0.25, -0.2) is 0 Å². The number of hydrogen-bond donors (Lipinski definition) is 1. The molecular formula is C15H24O2. The summed E-state index contributed by atoms with van der Waals surface area (Å²) in [6, 6.07) is 8.50. The zero-order valence-electron chi connectivity index (χ0n) is 11.1. The first-order valence-corrected chi connectivity index (χ1v) is 6.44. The summed E-state index contributed by atoms with van der Waals surface area (Å²) in [6.45, 7) is 4.18. The van der Waals surface area contributed by atoms with Crippen LogP contribution in [0, 0.1) is 0 Å². The fourth-order valence-corrected chi connectivity index (χ4v) is 1.83. The van der Waals surface area contributed by atoms with Gasteiger partial charge in [-0.3, -0.25) is 0 Å². The zero-order chi connectivity index (χ0) is 12.7. The zero-order valence-corrected chi connectivity index (χ0v) is 11.1. The molecule has 1 aromatic carbocycles. The Balaban J connectivity index is 2.36. The second-order valence-electron chi connectivity index (χ2n) is 4.65. The van der Waals surface area contributed by atoms with Crippen molar-refractivity contribution in [3.8, 4) is 0 Å². The van der Waals surface area contributed by atoms with Crippen molar-refractivity contribution >= 4 is 0 Å². The fourth-order valence-electron chi connectivity index (χ4n) is 1.83. The van der Waals surface area contributed by atoms with E-state index in [0.29, 0.717) is 0 Å². The van der Waals surface area contributed by atoms with Gasteiger partial charge in [-0.15, -0.1) is 0 Å². The van der Waals surface area contributed by atoms with E-state index >= 15 is 0 Å². The lowest BCUT2D eigenvalue weighted by molar-refractivity contribution is 0.0851. The molecule has 0 aliphatic carbocycles. The smallest absolute Gasteiger partial charge is 0.0581 e. The van der Waals surface area contributed by atoms with Crippen molar-refractivity contribution in [1.82, 2.24) is 0 Å². The summed E-state index contributed by atoms with van der Waals surface area (Å²) in [5.41, 5.74) is 2.55. The van der Waals surface area contributed by atoms with Gasteiger partial charge in [0.1, 0.15) is 0 Å². The molecule has 17 heavy (non-hydrogen) atoms. The molecule has 0 saturated carbocycles. The average Bonchev–Trinajstić information content (AvgIpc) is 2.36. The Bertz CT molecular complexity index is 305. The van der Waals surface area contributed by atoms with E-state index in [1.165, 1.54) is 11.1 Å². The maximum Gasteiger partial charge on any atom is 0.0581 e. The third-order valence-electron chi connectivity index (χ3n) is 3.21. The van der Waals surface area contributed by atoms with Crippen molar-refractivity contribution < 1.29 is 9.84 Å². The van der Waals surface area contributed by atoms with Gasteiger partial charge in [-0.2, -0.15) is 0 Å². The highest BCUT2D eigenvalue weighted by molar-refractivity contribution is 5.22. The van der Waals surface area contributed by atoms with Gasteiger partial charge >= 0.3 is 0 Å². The summed E-state index contributed by atoms with van der Waals surface area (Å²) in [4.78, 5) is 0. The number of benzene rings is 1. The first kappa shape index (κ1) is 14.2. The highest BCUT2D eigenvalue weighted by atomic mass is 16.5. The summed E-state index contributed by atoms with van der Waals surface area (Å²) in [6.07, 6.45) is 3.47. The third-order valence-corrected chi connectivity index (χ3v) is 3.21. The molecule has 0 radical (unpaired) electrons. The largest absolute Gasteiger partial charge is 0.393 e. The number of aliphatic hydroxyl groups is 1. The molecule has 0 bridgehead atoms. The van der Waals surface area contributed by atoms with Crippen molar-refractivity contribution in [3.05, 3.63) is 35.4 Å². The molecule has 1 N–H and O–H groups in total. The van der Waals surface area contributed by atoms with E-state index in [0.717, 1.165) is 25.7 Å². The molecule has 0 heterocycles. The molecule has 0 spiro atoms. The molecule has 2 heteroatoms. The van der Waals surface area contributed by atoms with Crippen LogP contribution in [0.4, 0.5) is 0 Å². The van der Waals surface area contributed by atoms with Crippen LogP contribution in [0.2, 0.25) is 0 Å². The van der Waals surface area contributed by atoms with Gasteiger partial charge < -0.3 is 9.84 Å². The number of methoxy groups -OCH3 is 1. The Hall–Kier alpha value is -0.860. The van der Waals surface area contributed by atoms with Crippen LogP contribution >= 0.6 is 0 Å². The molecule has 0 aliphatic heterocycles. The van der Waals surface area contributed by atoms with Gasteiger partial charge in [0, 0.05) is 7.11 Å². The van der Waals surface area contributed by atoms with Gasteiger partial charge in [0.05, 0.1) is 12.2 Å². The quantitative estimate of drug-likeness (QED) is 0.788. The molecule has 0 amide bonds. The van der Waals surface area contributed by atoms with E-state index in [-0.39, 0.29) is 12.2 Å². The van der Waals surface area contributed by atoms with Gasteiger partial charge in [0.15, 0.2) is 0 Å². The van der Waals surface area contributed by atoms with Gasteiger partial charge in [0.2, 0.25) is 0 Å².